The number of carbonyl (C=O) groups is 5. The molecule has 2 aliphatic heterocycles. The molecule has 3 rings (SSSR count). The fourth-order valence-electron chi connectivity index (χ4n) is 5.44. The molecule has 0 aromatic heterocycles. The topological polar surface area (TPSA) is 138 Å². The van der Waals surface area contributed by atoms with Gasteiger partial charge in [0, 0.05) is 45.6 Å². The van der Waals surface area contributed by atoms with Gasteiger partial charge in [0.05, 0.1) is 18.6 Å². The van der Waals surface area contributed by atoms with Gasteiger partial charge in [0.15, 0.2) is 11.9 Å². The molecule has 0 aliphatic carbocycles. The maximum Gasteiger partial charge on any atom is 0.346 e. The third-order valence-corrected chi connectivity index (χ3v) is 7.85. The van der Waals surface area contributed by atoms with Crippen LogP contribution in [-0.2, 0) is 49.3 Å². The highest BCUT2D eigenvalue weighted by Crippen LogP contribution is 2.42. The van der Waals surface area contributed by atoms with Crippen molar-refractivity contribution < 1.29 is 47.7 Å². The smallest absolute Gasteiger partial charge is 0.346 e. The summed E-state index contributed by atoms with van der Waals surface area (Å²) < 4.78 is 27.9. The van der Waals surface area contributed by atoms with Crippen LogP contribution in [0.4, 0.5) is 10.5 Å². The van der Waals surface area contributed by atoms with Gasteiger partial charge in [0.1, 0.15) is 6.10 Å². The normalized spacial score (nSPS) is 24.7. The van der Waals surface area contributed by atoms with Crippen LogP contribution in [-0.4, -0.2) is 91.6 Å². The van der Waals surface area contributed by atoms with E-state index in [1.54, 1.807) is 43.0 Å². The van der Waals surface area contributed by atoms with Crippen LogP contribution in [0, 0.1) is 17.8 Å². The number of terminal acetylenes is 1. The number of anilines is 1. The molecule has 2 saturated heterocycles. The molecule has 44 heavy (non-hydrogen) atoms. The van der Waals surface area contributed by atoms with E-state index >= 15 is 0 Å². The molecular formula is C32H42N2O10. The van der Waals surface area contributed by atoms with Crippen LogP contribution in [0.15, 0.2) is 24.3 Å². The Labute approximate surface area is 258 Å². The zero-order chi connectivity index (χ0) is 32.7. The SMILES string of the molecule is C#C[C@@]1(C)[C@@H](COC(Cc2ccc(N3CCCN(CCC)C3=O)cc2)(C(C)=O)C(=O)OCC)OC(OC(C)=O)[C@@H]1OC(C)=O. The van der Waals surface area contributed by atoms with Crippen molar-refractivity contribution in [3.8, 4) is 12.3 Å². The molecule has 0 bridgehead atoms. The van der Waals surface area contributed by atoms with Gasteiger partial charge in [-0.25, -0.2) is 9.59 Å². The molecule has 5 atom stereocenters. The van der Waals surface area contributed by atoms with E-state index in [-0.39, 0.29) is 19.1 Å². The van der Waals surface area contributed by atoms with E-state index in [1.165, 1.54) is 20.8 Å². The van der Waals surface area contributed by atoms with Crippen LogP contribution in [0.2, 0.25) is 0 Å². The minimum atomic E-state index is -2.08. The molecule has 0 radical (unpaired) electrons. The van der Waals surface area contributed by atoms with E-state index in [2.05, 4.69) is 5.92 Å². The van der Waals surface area contributed by atoms with Crippen molar-refractivity contribution >= 4 is 35.4 Å². The standard InChI is InChI=1S/C32H42N2O10/c1-8-16-33-17-11-18-34(30(33)39)25-14-12-24(13-15-25)19-32(21(4)35,29(38)40-10-3)41-20-26-31(7,9-2)27(42-22(5)36)28(44-26)43-23(6)37/h2,12-15,26-28H,8,10-11,16-20H2,1,3-7H3/t26-,27+,28?,31+,32?/m1/s1. The summed E-state index contributed by atoms with van der Waals surface area (Å²) in [6, 6.07) is 6.92. The largest absolute Gasteiger partial charge is 0.463 e. The number of nitrogens with zero attached hydrogens (tertiary/aromatic N) is 2. The van der Waals surface area contributed by atoms with Gasteiger partial charge in [0.2, 0.25) is 11.9 Å². The number of esters is 3. The van der Waals surface area contributed by atoms with Crippen LogP contribution >= 0.6 is 0 Å². The Balaban J connectivity index is 1.89. The maximum absolute atomic E-state index is 13.4. The molecule has 2 fully saturated rings. The highest BCUT2D eigenvalue weighted by atomic mass is 16.7. The lowest BCUT2D eigenvalue weighted by molar-refractivity contribution is -0.201. The molecule has 12 nitrogen and oxygen atoms in total. The molecule has 2 aliphatic rings. The molecule has 240 valence electrons. The molecule has 2 heterocycles. The molecule has 1 aromatic rings. The average molecular weight is 615 g/mol. The Morgan fingerprint density at radius 1 is 1.07 bits per heavy atom. The summed E-state index contributed by atoms with van der Waals surface area (Å²) >= 11 is 0. The van der Waals surface area contributed by atoms with E-state index < -0.39 is 59.8 Å². The minimum Gasteiger partial charge on any atom is -0.463 e. The van der Waals surface area contributed by atoms with Crippen molar-refractivity contribution in [1.29, 1.82) is 0 Å². The fourth-order valence-corrected chi connectivity index (χ4v) is 5.44. The van der Waals surface area contributed by atoms with E-state index in [4.69, 9.17) is 30.1 Å². The van der Waals surface area contributed by atoms with Gasteiger partial charge in [-0.15, -0.1) is 6.42 Å². The second-order valence-electron chi connectivity index (χ2n) is 11.1. The number of hydrogen-bond donors (Lipinski definition) is 0. The van der Waals surface area contributed by atoms with Crippen molar-refractivity contribution in [3.05, 3.63) is 29.8 Å². The number of benzene rings is 1. The second-order valence-corrected chi connectivity index (χ2v) is 11.1. The highest BCUT2D eigenvalue weighted by Gasteiger charge is 2.58. The Morgan fingerprint density at radius 3 is 2.27 bits per heavy atom. The summed E-state index contributed by atoms with van der Waals surface area (Å²) in [7, 11) is 0. The number of ketones is 1. The maximum atomic E-state index is 13.4. The highest BCUT2D eigenvalue weighted by molar-refractivity contribution is 6.06. The molecule has 0 saturated carbocycles. The van der Waals surface area contributed by atoms with Crippen molar-refractivity contribution in [2.24, 2.45) is 5.41 Å². The second kappa shape index (κ2) is 14.7. The number of Topliss-reactive ketones (excluding diaryl/α,β-unsaturated/α-hetero) is 1. The molecule has 0 N–H and O–H groups in total. The van der Waals surface area contributed by atoms with Gasteiger partial charge in [-0.3, -0.25) is 19.3 Å². The van der Waals surface area contributed by atoms with Gasteiger partial charge in [-0.05, 0) is 51.3 Å². The molecule has 12 heteroatoms. The summed E-state index contributed by atoms with van der Waals surface area (Å²) in [6.45, 7) is 10.3. The summed E-state index contributed by atoms with van der Waals surface area (Å²) in [5.74, 6) is -0.312. The predicted molar refractivity (Wildman–Crippen MR) is 158 cm³/mol. The predicted octanol–water partition coefficient (Wildman–Crippen LogP) is 3.04. The number of rotatable bonds is 13. The van der Waals surface area contributed by atoms with Crippen molar-refractivity contribution in [1.82, 2.24) is 4.90 Å². The van der Waals surface area contributed by atoms with E-state index in [0.29, 0.717) is 30.9 Å². The van der Waals surface area contributed by atoms with Gasteiger partial charge < -0.3 is 28.6 Å². The lowest BCUT2D eigenvalue weighted by Crippen LogP contribution is -2.53. The lowest BCUT2D eigenvalue weighted by Gasteiger charge is -2.35. The van der Waals surface area contributed by atoms with Gasteiger partial charge >= 0.3 is 23.9 Å². The molecule has 2 amide bonds. The Morgan fingerprint density at radius 2 is 1.73 bits per heavy atom. The molecule has 2 unspecified atom stereocenters. The van der Waals surface area contributed by atoms with Gasteiger partial charge in [-0.2, -0.15) is 0 Å². The summed E-state index contributed by atoms with van der Waals surface area (Å²) in [5.41, 5.74) is -2.15. The van der Waals surface area contributed by atoms with Crippen LogP contribution in [0.25, 0.3) is 0 Å². The number of carbonyl (C=O) groups excluding carboxylic acids is 5. The molecule has 0 spiro atoms. The van der Waals surface area contributed by atoms with E-state index in [9.17, 15) is 24.0 Å². The summed E-state index contributed by atoms with van der Waals surface area (Å²) in [6.07, 6.45) is 3.82. The van der Waals surface area contributed by atoms with Crippen molar-refractivity contribution in [2.75, 3.05) is 37.7 Å². The summed E-state index contributed by atoms with van der Waals surface area (Å²) in [5, 5.41) is 0. The summed E-state index contributed by atoms with van der Waals surface area (Å²) in [4.78, 5) is 66.7. The number of hydrogen-bond acceptors (Lipinski definition) is 10. The zero-order valence-corrected chi connectivity index (χ0v) is 26.3. The van der Waals surface area contributed by atoms with Crippen LogP contribution in [0.5, 0.6) is 0 Å². The third kappa shape index (κ3) is 7.39. The first-order valence-electron chi connectivity index (χ1n) is 14.8. The monoisotopic (exact) mass is 614 g/mol. The van der Waals surface area contributed by atoms with E-state index in [1.807, 2.05) is 11.8 Å². The van der Waals surface area contributed by atoms with Gasteiger partial charge in [0.25, 0.3) is 0 Å². The van der Waals surface area contributed by atoms with Crippen LogP contribution in [0.3, 0.4) is 0 Å². The third-order valence-electron chi connectivity index (χ3n) is 7.85. The Hall–Kier alpha value is -3.95. The molecular weight excluding hydrogens is 572 g/mol. The van der Waals surface area contributed by atoms with Gasteiger partial charge in [-0.1, -0.05) is 25.0 Å². The number of amides is 2. The Kier molecular flexibility index (Phi) is 11.5. The van der Waals surface area contributed by atoms with E-state index in [0.717, 1.165) is 12.8 Å². The number of urea groups is 1. The van der Waals surface area contributed by atoms with Crippen molar-refractivity contribution in [2.45, 2.75) is 84.9 Å². The first-order chi connectivity index (χ1) is 20.8. The quantitative estimate of drug-likeness (QED) is 0.141. The first-order valence-corrected chi connectivity index (χ1v) is 14.8. The zero-order valence-electron chi connectivity index (χ0n) is 26.3. The number of ether oxygens (including phenoxy) is 5. The lowest BCUT2D eigenvalue weighted by atomic mass is 9.81. The van der Waals surface area contributed by atoms with Crippen LogP contribution < -0.4 is 4.90 Å². The average Bonchev–Trinajstić information content (AvgIpc) is 3.22. The fraction of sp³-hybridized carbons (Fsp3) is 0.594. The van der Waals surface area contributed by atoms with Crippen molar-refractivity contribution in [3.63, 3.8) is 0 Å². The minimum absolute atomic E-state index is 0.00740. The Bertz CT molecular complexity index is 1270. The first kappa shape index (κ1) is 34.5. The van der Waals surface area contributed by atoms with Crippen LogP contribution in [0.1, 0.15) is 59.9 Å². The molecule has 1 aromatic carbocycles.